The van der Waals surface area contributed by atoms with Crippen LogP contribution < -0.4 is 5.56 Å². The number of hydrogen-bond acceptors (Lipinski definition) is 5. The molecule has 3 rings (SSSR count). The maximum atomic E-state index is 13.8. The molecular formula is C19H20FN3O2S. The molecule has 1 aromatic carbocycles. The molecule has 1 N–H and O–H groups in total. The topological polar surface area (TPSA) is 78.8 Å². The van der Waals surface area contributed by atoms with Crippen molar-refractivity contribution < 1.29 is 9.13 Å². The third-order valence-corrected chi connectivity index (χ3v) is 5.13. The predicted molar refractivity (Wildman–Crippen MR) is 98.4 cm³/mol. The lowest BCUT2D eigenvalue weighted by atomic mass is 9.97. The molecule has 1 saturated carbocycles. The Morgan fingerprint density at radius 3 is 2.85 bits per heavy atom. The molecule has 0 atom stereocenters. The highest BCUT2D eigenvalue weighted by atomic mass is 32.2. The minimum absolute atomic E-state index is 0.0756. The van der Waals surface area contributed by atoms with E-state index in [-0.39, 0.29) is 29.8 Å². The summed E-state index contributed by atoms with van der Waals surface area (Å²) in [4.78, 5) is 19.1. The molecule has 1 aliphatic rings. The number of hydrogen-bond donors (Lipinski definition) is 1. The van der Waals surface area contributed by atoms with Crippen LogP contribution in [-0.4, -0.2) is 22.3 Å². The third kappa shape index (κ3) is 4.14. The predicted octanol–water partition coefficient (Wildman–Crippen LogP) is 4.02. The van der Waals surface area contributed by atoms with Gasteiger partial charge in [0.15, 0.2) is 5.16 Å². The molecule has 1 fully saturated rings. The number of thioether (sulfide) groups is 1. The smallest absolute Gasteiger partial charge is 0.270 e. The number of benzene rings is 1. The van der Waals surface area contributed by atoms with Crippen molar-refractivity contribution in [3.05, 3.63) is 45.5 Å². The molecule has 136 valence electrons. The van der Waals surface area contributed by atoms with Gasteiger partial charge in [0, 0.05) is 5.56 Å². The van der Waals surface area contributed by atoms with Gasteiger partial charge in [0.05, 0.1) is 18.4 Å². The standard InChI is InChI=1S/C19H20FN3O2S/c1-26-19-22-17(16(10-21)18(24)23-19)15-8-7-13(20)9-12(15)11-25-14-5-3-2-4-6-14/h7-9,14H,2-6,11H2,1H3,(H,22,23,24). The van der Waals surface area contributed by atoms with E-state index in [1.165, 1.54) is 30.3 Å². The monoisotopic (exact) mass is 373 g/mol. The zero-order valence-corrected chi connectivity index (χ0v) is 15.4. The van der Waals surface area contributed by atoms with Gasteiger partial charge in [0.25, 0.3) is 5.56 Å². The number of aromatic amines is 1. The van der Waals surface area contributed by atoms with E-state index in [1.54, 1.807) is 12.3 Å². The lowest BCUT2D eigenvalue weighted by Gasteiger charge is -2.22. The number of halogens is 1. The normalized spacial score (nSPS) is 15.0. The molecule has 1 aliphatic carbocycles. The van der Waals surface area contributed by atoms with Crippen molar-refractivity contribution in [2.24, 2.45) is 0 Å². The average Bonchev–Trinajstić information content (AvgIpc) is 2.66. The van der Waals surface area contributed by atoms with Gasteiger partial charge in [-0.3, -0.25) is 4.79 Å². The largest absolute Gasteiger partial charge is 0.374 e. The summed E-state index contributed by atoms with van der Waals surface area (Å²) in [5.41, 5.74) is 0.846. The Balaban J connectivity index is 1.99. The summed E-state index contributed by atoms with van der Waals surface area (Å²) in [6.45, 7) is 0.228. The van der Waals surface area contributed by atoms with Crippen LogP contribution in [0.5, 0.6) is 0 Å². The molecule has 1 heterocycles. The van der Waals surface area contributed by atoms with Crippen LogP contribution in [-0.2, 0) is 11.3 Å². The molecule has 0 unspecified atom stereocenters. The summed E-state index contributed by atoms with van der Waals surface area (Å²) < 4.78 is 19.8. The van der Waals surface area contributed by atoms with Gasteiger partial charge >= 0.3 is 0 Å². The van der Waals surface area contributed by atoms with Crippen molar-refractivity contribution >= 4 is 11.8 Å². The van der Waals surface area contributed by atoms with E-state index in [2.05, 4.69) is 9.97 Å². The molecule has 5 nitrogen and oxygen atoms in total. The number of aromatic nitrogens is 2. The fraction of sp³-hybridized carbons (Fsp3) is 0.421. The van der Waals surface area contributed by atoms with Crippen molar-refractivity contribution in [2.45, 2.75) is 50.0 Å². The van der Waals surface area contributed by atoms with E-state index in [4.69, 9.17) is 4.74 Å². The van der Waals surface area contributed by atoms with E-state index in [0.717, 1.165) is 25.7 Å². The fourth-order valence-corrected chi connectivity index (χ4v) is 3.58. The Morgan fingerprint density at radius 1 is 1.38 bits per heavy atom. The molecule has 0 spiro atoms. The zero-order valence-electron chi connectivity index (χ0n) is 14.5. The quantitative estimate of drug-likeness (QED) is 0.633. The van der Waals surface area contributed by atoms with Crippen LogP contribution >= 0.6 is 11.8 Å². The zero-order chi connectivity index (χ0) is 18.5. The minimum Gasteiger partial charge on any atom is -0.374 e. The van der Waals surface area contributed by atoms with Crippen LogP contribution in [0.25, 0.3) is 11.3 Å². The Kier molecular flexibility index (Phi) is 6.07. The van der Waals surface area contributed by atoms with Crippen LogP contribution in [0.2, 0.25) is 0 Å². The first kappa shape index (κ1) is 18.6. The Labute approximate surface area is 155 Å². The van der Waals surface area contributed by atoms with E-state index < -0.39 is 5.56 Å². The summed E-state index contributed by atoms with van der Waals surface area (Å²) in [7, 11) is 0. The lowest BCUT2D eigenvalue weighted by Crippen LogP contribution is -2.17. The van der Waals surface area contributed by atoms with Crippen molar-refractivity contribution in [1.82, 2.24) is 9.97 Å². The highest BCUT2D eigenvalue weighted by Gasteiger charge is 2.19. The highest BCUT2D eigenvalue weighted by Crippen LogP contribution is 2.28. The number of ether oxygens (including phenoxy) is 1. The number of rotatable bonds is 5. The van der Waals surface area contributed by atoms with Crippen molar-refractivity contribution in [3.63, 3.8) is 0 Å². The van der Waals surface area contributed by atoms with E-state index in [0.29, 0.717) is 16.3 Å². The van der Waals surface area contributed by atoms with Crippen LogP contribution in [0.1, 0.15) is 43.2 Å². The average molecular weight is 373 g/mol. The van der Waals surface area contributed by atoms with Gasteiger partial charge < -0.3 is 9.72 Å². The molecule has 7 heteroatoms. The summed E-state index contributed by atoms with van der Waals surface area (Å²) in [6, 6.07) is 6.17. The van der Waals surface area contributed by atoms with E-state index >= 15 is 0 Å². The van der Waals surface area contributed by atoms with Gasteiger partial charge in [-0.15, -0.1) is 0 Å². The van der Waals surface area contributed by atoms with E-state index in [1.807, 2.05) is 6.07 Å². The van der Waals surface area contributed by atoms with Crippen molar-refractivity contribution in [1.29, 1.82) is 5.26 Å². The second-order valence-corrected chi connectivity index (χ2v) is 7.08. The number of nitrogens with zero attached hydrogens (tertiary/aromatic N) is 2. The first-order chi connectivity index (χ1) is 12.6. The maximum Gasteiger partial charge on any atom is 0.270 e. The summed E-state index contributed by atoms with van der Waals surface area (Å²) in [6.07, 6.45) is 7.49. The molecule has 1 aromatic heterocycles. The van der Waals surface area contributed by atoms with Gasteiger partial charge in [0.2, 0.25) is 0 Å². The van der Waals surface area contributed by atoms with Crippen molar-refractivity contribution in [3.8, 4) is 17.3 Å². The molecule has 0 bridgehead atoms. The number of H-pyrrole nitrogens is 1. The summed E-state index contributed by atoms with van der Waals surface area (Å²) in [5.74, 6) is -0.385. The molecule has 0 amide bonds. The Hall–Kier alpha value is -2.17. The second-order valence-electron chi connectivity index (χ2n) is 6.28. The van der Waals surface area contributed by atoms with Crippen LogP contribution in [0.4, 0.5) is 4.39 Å². The van der Waals surface area contributed by atoms with Gasteiger partial charge in [-0.2, -0.15) is 5.26 Å². The summed E-state index contributed by atoms with van der Waals surface area (Å²) >= 11 is 1.27. The number of nitriles is 1. The first-order valence-electron chi connectivity index (χ1n) is 8.61. The molecule has 2 aromatic rings. The van der Waals surface area contributed by atoms with Gasteiger partial charge in [-0.25, -0.2) is 9.37 Å². The van der Waals surface area contributed by atoms with Gasteiger partial charge in [-0.1, -0.05) is 31.0 Å². The van der Waals surface area contributed by atoms with Gasteiger partial charge in [-0.05, 0) is 42.9 Å². The van der Waals surface area contributed by atoms with Crippen LogP contribution in [0.15, 0.2) is 28.2 Å². The Bertz CT molecular complexity index is 885. The second kappa shape index (κ2) is 8.47. The van der Waals surface area contributed by atoms with E-state index in [9.17, 15) is 14.4 Å². The summed E-state index contributed by atoms with van der Waals surface area (Å²) in [5, 5.41) is 9.79. The molecular weight excluding hydrogens is 353 g/mol. The SMILES string of the molecule is CSc1nc(-c2ccc(F)cc2COC2CCCCC2)c(C#N)c(=O)[nH]1. The molecule has 0 saturated heterocycles. The molecule has 0 radical (unpaired) electrons. The maximum absolute atomic E-state index is 13.8. The minimum atomic E-state index is -0.495. The van der Waals surface area contributed by atoms with Crippen molar-refractivity contribution in [2.75, 3.05) is 6.26 Å². The number of nitrogens with one attached hydrogen (secondary N) is 1. The van der Waals surface area contributed by atoms with Gasteiger partial charge in [0.1, 0.15) is 17.4 Å². The fourth-order valence-electron chi connectivity index (χ4n) is 3.20. The van der Waals surface area contributed by atoms with Crippen LogP contribution in [0, 0.1) is 17.1 Å². The third-order valence-electron chi connectivity index (χ3n) is 4.55. The molecule has 0 aliphatic heterocycles. The Morgan fingerprint density at radius 2 is 2.15 bits per heavy atom. The first-order valence-corrected chi connectivity index (χ1v) is 9.83. The molecule has 26 heavy (non-hydrogen) atoms. The highest BCUT2D eigenvalue weighted by molar-refractivity contribution is 7.98. The lowest BCUT2D eigenvalue weighted by molar-refractivity contribution is 0.0169. The van der Waals surface area contributed by atoms with Crippen LogP contribution in [0.3, 0.4) is 0 Å².